The highest BCUT2D eigenvalue weighted by Gasteiger charge is 2.54. The Labute approximate surface area is 144 Å². The maximum Gasteiger partial charge on any atom is 0.345 e. The minimum absolute atomic E-state index is 0.0484. The van der Waals surface area contributed by atoms with Crippen molar-refractivity contribution >= 4 is 23.9 Å². The third-order valence-corrected chi connectivity index (χ3v) is 5.53. The van der Waals surface area contributed by atoms with Gasteiger partial charge in [-0.2, -0.15) is 0 Å². The first kappa shape index (κ1) is 17.5. The number of ether oxygens (including phenoxy) is 2. The van der Waals surface area contributed by atoms with Crippen LogP contribution in [0.4, 0.5) is 0 Å². The van der Waals surface area contributed by atoms with E-state index in [2.05, 4.69) is 4.74 Å². The zero-order valence-electron chi connectivity index (χ0n) is 14.3. The third kappa shape index (κ3) is 2.45. The van der Waals surface area contributed by atoms with Crippen molar-refractivity contribution in [3.05, 3.63) is 22.8 Å². The number of allylic oxidation sites excluding steroid dienone is 1. The van der Waals surface area contributed by atoms with Crippen molar-refractivity contribution in [1.82, 2.24) is 0 Å². The second kappa shape index (κ2) is 5.91. The quantitative estimate of drug-likeness (QED) is 0.590. The predicted octanol–water partition coefficient (Wildman–Crippen LogP) is 1.20. The predicted molar refractivity (Wildman–Crippen MR) is 83.6 cm³/mol. The maximum absolute atomic E-state index is 12.3. The molecule has 0 spiro atoms. The molecule has 0 aromatic carbocycles. The van der Waals surface area contributed by atoms with Gasteiger partial charge in [0.25, 0.3) is 0 Å². The molecule has 2 aliphatic heterocycles. The Morgan fingerprint density at radius 2 is 1.76 bits per heavy atom. The Balaban J connectivity index is 2.26. The molecule has 7 heteroatoms. The zero-order valence-corrected chi connectivity index (χ0v) is 14.3. The van der Waals surface area contributed by atoms with E-state index in [1.54, 1.807) is 6.08 Å². The van der Waals surface area contributed by atoms with Crippen molar-refractivity contribution in [3.8, 4) is 0 Å². The van der Waals surface area contributed by atoms with Gasteiger partial charge in [-0.3, -0.25) is 4.79 Å². The molecule has 3 aliphatic rings. The Morgan fingerprint density at radius 1 is 1.08 bits per heavy atom. The first-order valence-corrected chi connectivity index (χ1v) is 8.41. The van der Waals surface area contributed by atoms with Crippen LogP contribution in [-0.2, 0) is 28.7 Å². The summed E-state index contributed by atoms with van der Waals surface area (Å²) in [5, 5.41) is 10.8. The molecule has 1 N–H and O–H groups in total. The highest BCUT2D eigenvalue weighted by molar-refractivity contribution is 6.15. The number of carbonyl (C=O) groups is 4. The molecule has 4 atom stereocenters. The van der Waals surface area contributed by atoms with E-state index in [1.807, 2.05) is 13.8 Å². The molecule has 134 valence electrons. The van der Waals surface area contributed by atoms with Gasteiger partial charge in [0, 0.05) is 6.42 Å². The number of rotatable bonds is 2. The summed E-state index contributed by atoms with van der Waals surface area (Å²) in [5.41, 5.74) is -1.35. The molecule has 0 saturated carbocycles. The second-order valence-electron chi connectivity index (χ2n) is 6.92. The molecule has 0 aromatic heterocycles. The van der Waals surface area contributed by atoms with Crippen molar-refractivity contribution in [2.75, 3.05) is 0 Å². The average Bonchev–Trinajstić information content (AvgIpc) is 2.94. The van der Waals surface area contributed by atoms with E-state index in [0.717, 1.165) is 0 Å². The van der Waals surface area contributed by atoms with Crippen LogP contribution in [0, 0.1) is 17.3 Å². The number of cyclic esters (lactones) is 4. The SMILES string of the molecule is CC[C@H]1/C=C2/C(=O)OC(=O)[C@@]2(C)CC2=C(C(=O)OC2=O)C(O)[C@H]1CC. The molecule has 0 aromatic rings. The summed E-state index contributed by atoms with van der Waals surface area (Å²) in [4.78, 5) is 48.8. The van der Waals surface area contributed by atoms with Gasteiger partial charge >= 0.3 is 23.9 Å². The van der Waals surface area contributed by atoms with Crippen molar-refractivity contribution in [2.45, 2.75) is 46.1 Å². The summed E-state index contributed by atoms with van der Waals surface area (Å²) < 4.78 is 9.47. The van der Waals surface area contributed by atoms with Gasteiger partial charge in [0.1, 0.15) is 5.41 Å². The van der Waals surface area contributed by atoms with E-state index in [1.165, 1.54) is 6.92 Å². The lowest BCUT2D eigenvalue weighted by Crippen LogP contribution is -2.31. The lowest BCUT2D eigenvalue weighted by Gasteiger charge is -2.27. The van der Waals surface area contributed by atoms with Gasteiger partial charge in [-0.15, -0.1) is 0 Å². The van der Waals surface area contributed by atoms with Crippen LogP contribution in [0.25, 0.3) is 0 Å². The van der Waals surface area contributed by atoms with E-state index < -0.39 is 41.3 Å². The van der Waals surface area contributed by atoms with Gasteiger partial charge in [0.15, 0.2) is 0 Å². The van der Waals surface area contributed by atoms with E-state index in [4.69, 9.17) is 4.74 Å². The van der Waals surface area contributed by atoms with Crippen LogP contribution < -0.4 is 0 Å². The molecule has 1 saturated heterocycles. The Hall–Kier alpha value is -2.28. The zero-order chi connectivity index (χ0) is 18.5. The molecule has 25 heavy (non-hydrogen) atoms. The first-order chi connectivity index (χ1) is 11.7. The number of esters is 4. The number of carbonyl (C=O) groups excluding carboxylic acids is 4. The number of hydrogen-bond acceptors (Lipinski definition) is 7. The molecule has 0 radical (unpaired) electrons. The third-order valence-electron chi connectivity index (χ3n) is 5.53. The topological polar surface area (TPSA) is 107 Å². The summed E-state index contributed by atoms with van der Waals surface area (Å²) in [5.74, 6) is -3.92. The fourth-order valence-electron chi connectivity index (χ4n) is 3.99. The molecule has 1 aliphatic carbocycles. The number of aliphatic hydroxyl groups excluding tert-OH is 1. The maximum atomic E-state index is 12.3. The summed E-state index contributed by atoms with van der Waals surface area (Å²) in [6.45, 7) is 5.26. The molecule has 0 amide bonds. The van der Waals surface area contributed by atoms with E-state index in [-0.39, 0.29) is 29.1 Å². The molecule has 2 heterocycles. The van der Waals surface area contributed by atoms with Gasteiger partial charge < -0.3 is 14.6 Å². The number of fused-ring (bicyclic) bond motifs is 1. The van der Waals surface area contributed by atoms with Gasteiger partial charge in [0.2, 0.25) is 0 Å². The Morgan fingerprint density at radius 3 is 2.36 bits per heavy atom. The van der Waals surface area contributed by atoms with Crippen molar-refractivity contribution in [2.24, 2.45) is 17.3 Å². The van der Waals surface area contributed by atoms with Crippen molar-refractivity contribution in [1.29, 1.82) is 0 Å². The van der Waals surface area contributed by atoms with Gasteiger partial charge in [-0.05, 0) is 31.6 Å². The molecule has 7 nitrogen and oxygen atoms in total. The monoisotopic (exact) mass is 348 g/mol. The fraction of sp³-hybridized carbons (Fsp3) is 0.556. The van der Waals surface area contributed by atoms with E-state index in [9.17, 15) is 24.3 Å². The minimum atomic E-state index is -1.38. The fourth-order valence-corrected chi connectivity index (χ4v) is 3.99. The molecule has 0 bridgehead atoms. The van der Waals surface area contributed by atoms with Crippen LogP contribution in [0.15, 0.2) is 22.8 Å². The van der Waals surface area contributed by atoms with E-state index >= 15 is 0 Å². The average molecular weight is 348 g/mol. The summed E-state index contributed by atoms with van der Waals surface area (Å²) in [6, 6.07) is 0. The van der Waals surface area contributed by atoms with Crippen molar-refractivity contribution < 1.29 is 33.8 Å². The Bertz CT molecular complexity index is 745. The standard InChI is InChI=1S/C18H20O7/c1-4-8-6-11-15(21)25-17(23)18(11,3)7-10-12(13(19)9(8)5-2)16(22)24-14(10)20/h6,8-9,13,19H,4-5,7H2,1-3H3/b11-6-/t8-,9-,13?,18-/m0/s1. The lowest BCUT2D eigenvalue weighted by atomic mass is 9.76. The largest absolute Gasteiger partial charge is 0.389 e. The van der Waals surface area contributed by atoms with Crippen LogP contribution in [-0.4, -0.2) is 35.1 Å². The highest BCUT2D eigenvalue weighted by atomic mass is 16.6. The van der Waals surface area contributed by atoms with Crippen LogP contribution in [0.3, 0.4) is 0 Å². The normalized spacial score (nSPS) is 37.4. The number of aliphatic hydroxyl groups is 1. The molecule has 3 rings (SSSR count). The van der Waals surface area contributed by atoms with Crippen LogP contribution in [0.5, 0.6) is 0 Å². The van der Waals surface area contributed by atoms with Gasteiger partial charge in [-0.25, -0.2) is 14.4 Å². The van der Waals surface area contributed by atoms with Gasteiger partial charge in [0.05, 0.1) is 22.8 Å². The molecular weight excluding hydrogens is 328 g/mol. The van der Waals surface area contributed by atoms with E-state index in [0.29, 0.717) is 12.8 Å². The highest BCUT2D eigenvalue weighted by Crippen LogP contribution is 2.47. The number of hydrogen-bond donors (Lipinski definition) is 1. The van der Waals surface area contributed by atoms with Crippen LogP contribution in [0.1, 0.15) is 40.0 Å². The first-order valence-electron chi connectivity index (χ1n) is 8.41. The minimum Gasteiger partial charge on any atom is -0.389 e. The lowest BCUT2D eigenvalue weighted by molar-refractivity contribution is -0.154. The smallest absolute Gasteiger partial charge is 0.345 e. The molecule has 1 unspecified atom stereocenters. The second-order valence-corrected chi connectivity index (χ2v) is 6.92. The molecular formula is C18H20O7. The van der Waals surface area contributed by atoms with Crippen LogP contribution >= 0.6 is 0 Å². The van der Waals surface area contributed by atoms with Crippen molar-refractivity contribution in [3.63, 3.8) is 0 Å². The summed E-state index contributed by atoms with van der Waals surface area (Å²) in [6.07, 6.45) is 1.36. The summed E-state index contributed by atoms with van der Waals surface area (Å²) >= 11 is 0. The van der Waals surface area contributed by atoms with Gasteiger partial charge in [-0.1, -0.05) is 19.9 Å². The Kier molecular flexibility index (Phi) is 4.15. The molecule has 1 fully saturated rings. The van der Waals surface area contributed by atoms with Crippen LogP contribution in [0.2, 0.25) is 0 Å². The summed E-state index contributed by atoms with van der Waals surface area (Å²) in [7, 11) is 0.